The lowest BCUT2D eigenvalue weighted by Crippen LogP contribution is -2.44. The topological polar surface area (TPSA) is 41.1 Å². The molecule has 66 valence electrons. The molecule has 3 nitrogen and oxygen atoms in total. The predicted molar refractivity (Wildman–Crippen MR) is 49.4 cm³/mol. The quantitative estimate of drug-likeness (QED) is 0.622. The fourth-order valence-electron chi connectivity index (χ4n) is 0.424. The Labute approximate surface area is 72.3 Å². The molecule has 0 saturated heterocycles. The summed E-state index contributed by atoms with van der Waals surface area (Å²) in [6.45, 7) is 5.83. The fourth-order valence-corrected chi connectivity index (χ4v) is 0.697. The van der Waals surface area contributed by atoms with Gasteiger partial charge in [-0.15, -0.1) is 0 Å². The van der Waals surface area contributed by atoms with Crippen LogP contribution in [-0.2, 0) is 4.79 Å². The molecule has 0 saturated carbocycles. The van der Waals surface area contributed by atoms with Crippen LogP contribution < -0.4 is 10.9 Å². The molecular weight excluding hydrogens is 160 g/mol. The molecule has 0 radical (unpaired) electrons. The van der Waals surface area contributed by atoms with Gasteiger partial charge in [-0.25, -0.2) is 5.43 Å². The van der Waals surface area contributed by atoms with Crippen LogP contribution in [0.2, 0.25) is 0 Å². The zero-order valence-electron chi connectivity index (χ0n) is 7.47. The third-order valence-corrected chi connectivity index (χ3v) is 2.13. The largest absolute Gasteiger partial charge is 0.290 e. The van der Waals surface area contributed by atoms with Crippen molar-refractivity contribution < 1.29 is 4.79 Å². The Bertz CT molecular complexity index is 128. The number of thioether (sulfide) groups is 1. The molecule has 2 N–H and O–H groups in total. The SMILES string of the molecule is CSC(C)C(=O)NNC(C)C. The zero-order valence-corrected chi connectivity index (χ0v) is 8.29. The first-order valence-corrected chi connectivity index (χ1v) is 4.95. The van der Waals surface area contributed by atoms with Gasteiger partial charge in [0.2, 0.25) is 5.91 Å². The third-order valence-electron chi connectivity index (χ3n) is 1.21. The molecule has 11 heavy (non-hydrogen) atoms. The number of nitrogens with one attached hydrogen (secondary N) is 2. The molecule has 0 rings (SSSR count). The van der Waals surface area contributed by atoms with E-state index in [0.29, 0.717) is 0 Å². The van der Waals surface area contributed by atoms with E-state index in [2.05, 4.69) is 10.9 Å². The average molecular weight is 176 g/mol. The van der Waals surface area contributed by atoms with Crippen LogP contribution in [0, 0.1) is 0 Å². The van der Waals surface area contributed by atoms with Gasteiger partial charge >= 0.3 is 0 Å². The molecule has 0 fully saturated rings. The normalized spacial score (nSPS) is 13.2. The van der Waals surface area contributed by atoms with Crippen LogP contribution >= 0.6 is 11.8 Å². The maximum atomic E-state index is 11.1. The molecule has 0 heterocycles. The summed E-state index contributed by atoms with van der Waals surface area (Å²) in [6, 6.07) is 0.285. The minimum Gasteiger partial charge on any atom is -0.290 e. The van der Waals surface area contributed by atoms with Crippen LogP contribution in [0.1, 0.15) is 20.8 Å². The van der Waals surface area contributed by atoms with Gasteiger partial charge in [-0.3, -0.25) is 10.2 Å². The number of amides is 1. The van der Waals surface area contributed by atoms with Crippen molar-refractivity contribution in [2.75, 3.05) is 6.26 Å². The summed E-state index contributed by atoms with van der Waals surface area (Å²) in [5.41, 5.74) is 5.47. The van der Waals surface area contributed by atoms with Crippen LogP contribution in [0.15, 0.2) is 0 Å². The Morgan fingerprint density at radius 2 is 1.91 bits per heavy atom. The van der Waals surface area contributed by atoms with Gasteiger partial charge in [0, 0.05) is 6.04 Å². The number of hydrogen-bond donors (Lipinski definition) is 2. The second-order valence-corrected chi connectivity index (χ2v) is 3.84. The first-order valence-electron chi connectivity index (χ1n) is 3.66. The van der Waals surface area contributed by atoms with Crippen molar-refractivity contribution in [3.05, 3.63) is 0 Å². The molecule has 0 spiro atoms. The zero-order chi connectivity index (χ0) is 8.85. The second-order valence-electron chi connectivity index (χ2n) is 2.67. The Hall–Kier alpha value is -0.220. The summed E-state index contributed by atoms with van der Waals surface area (Å²) in [7, 11) is 0. The Balaban J connectivity index is 3.52. The summed E-state index contributed by atoms with van der Waals surface area (Å²) in [4.78, 5) is 11.1. The molecule has 0 aromatic carbocycles. The monoisotopic (exact) mass is 176 g/mol. The van der Waals surface area contributed by atoms with E-state index in [4.69, 9.17) is 0 Å². The molecule has 1 atom stereocenters. The smallest absolute Gasteiger partial charge is 0.246 e. The first-order chi connectivity index (χ1) is 5.07. The average Bonchev–Trinajstić information content (AvgIpc) is 1.98. The van der Waals surface area contributed by atoms with Crippen LogP contribution in [0.4, 0.5) is 0 Å². The Morgan fingerprint density at radius 3 is 2.27 bits per heavy atom. The first kappa shape index (κ1) is 10.8. The maximum Gasteiger partial charge on any atom is 0.246 e. The molecule has 0 aliphatic carbocycles. The Kier molecular flexibility index (Phi) is 5.32. The van der Waals surface area contributed by atoms with Gasteiger partial charge in [0.25, 0.3) is 0 Å². The molecule has 0 aromatic heterocycles. The molecule has 1 amide bonds. The highest BCUT2D eigenvalue weighted by atomic mass is 32.2. The van der Waals surface area contributed by atoms with Crippen molar-refractivity contribution in [3.8, 4) is 0 Å². The lowest BCUT2D eigenvalue weighted by Gasteiger charge is -2.12. The van der Waals surface area contributed by atoms with Gasteiger partial charge in [0.15, 0.2) is 0 Å². The number of hydrogen-bond acceptors (Lipinski definition) is 3. The van der Waals surface area contributed by atoms with E-state index in [9.17, 15) is 4.79 Å². The van der Waals surface area contributed by atoms with Gasteiger partial charge in [0.05, 0.1) is 5.25 Å². The molecule has 4 heteroatoms. The second kappa shape index (κ2) is 5.43. The van der Waals surface area contributed by atoms with E-state index in [0.717, 1.165) is 0 Å². The Morgan fingerprint density at radius 1 is 1.36 bits per heavy atom. The van der Waals surface area contributed by atoms with Crippen LogP contribution in [0.25, 0.3) is 0 Å². The standard InChI is InChI=1S/C7H16N2OS/c1-5(2)8-9-7(10)6(3)11-4/h5-6,8H,1-4H3,(H,9,10). The van der Waals surface area contributed by atoms with Crippen molar-refractivity contribution in [2.45, 2.75) is 32.1 Å². The molecule has 0 bridgehead atoms. The van der Waals surface area contributed by atoms with E-state index in [1.165, 1.54) is 11.8 Å². The molecule has 0 aliphatic rings. The molecule has 0 aromatic rings. The molecule has 0 aliphatic heterocycles. The van der Waals surface area contributed by atoms with Crippen molar-refractivity contribution in [2.24, 2.45) is 0 Å². The number of hydrazine groups is 1. The summed E-state index contributed by atoms with van der Waals surface area (Å²) < 4.78 is 0. The van der Waals surface area contributed by atoms with Gasteiger partial charge in [-0.05, 0) is 27.0 Å². The van der Waals surface area contributed by atoms with Crippen LogP contribution in [0.5, 0.6) is 0 Å². The third kappa shape index (κ3) is 5.09. The van der Waals surface area contributed by atoms with E-state index < -0.39 is 0 Å². The van der Waals surface area contributed by atoms with Gasteiger partial charge in [-0.2, -0.15) is 11.8 Å². The summed E-state index contributed by atoms with van der Waals surface area (Å²) >= 11 is 1.53. The predicted octanol–water partition coefficient (Wildman–Crippen LogP) is 0.767. The number of carbonyl (C=O) groups excluding carboxylic acids is 1. The fraction of sp³-hybridized carbons (Fsp3) is 0.857. The van der Waals surface area contributed by atoms with Crippen LogP contribution in [0.3, 0.4) is 0 Å². The lowest BCUT2D eigenvalue weighted by molar-refractivity contribution is -0.121. The van der Waals surface area contributed by atoms with Gasteiger partial charge in [-0.1, -0.05) is 0 Å². The van der Waals surface area contributed by atoms with Crippen molar-refractivity contribution in [1.29, 1.82) is 0 Å². The highest BCUT2D eigenvalue weighted by molar-refractivity contribution is 7.99. The summed E-state index contributed by atoms with van der Waals surface area (Å²) in [6.07, 6.45) is 1.92. The van der Waals surface area contributed by atoms with Gasteiger partial charge < -0.3 is 0 Å². The number of carbonyl (C=O) groups is 1. The summed E-state index contributed by atoms with van der Waals surface area (Å²) in [5.74, 6) is 0.0335. The van der Waals surface area contributed by atoms with Crippen molar-refractivity contribution in [3.63, 3.8) is 0 Å². The molecular formula is C7H16N2OS. The highest BCUT2D eigenvalue weighted by Gasteiger charge is 2.09. The van der Waals surface area contributed by atoms with Crippen molar-refractivity contribution >= 4 is 17.7 Å². The van der Waals surface area contributed by atoms with Crippen LogP contribution in [-0.4, -0.2) is 23.5 Å². The maximum absolute atomic E-state index is 11.1. The van der Waals surface area contributed by atoms with E-state index in [1.54, 1.807) is 0 Å². The van der Waals surface area contributed by atoms with Crippen molar-refractivity contribution in [1.82, 2.24) is 10.9 Å². The van der Waals surface area contributed by atoms with E-state index in [-0.39, 0.29) is 17.2 Å². The minimum absolute atomic E-state index is 0.0150. The van der Waals surface area contributed by atoms with E-state index >= 15 is 0 Å². The summed E-state index contributed by atoms with van der Waals surface area (Å²) in [5, 5.41) is 0.0150. The lowest BCUT2D eigenvalue weighted by atomic mass is 10.4. The van der Waals surface area contributed by atoms with Gasteiger partial charge in [0.1, 0.15) is 0 Å². The minimum atomic E-state index is 0.0150. The number of rotatable bonds is 4. The van der Waals surface area contributed by atoms with E-state index in [1.807, 2.05) is 27.0 Å². The highest BCUT2D eigenvalue weighted by Crippen LogP contribution is 2.03. The molecule has 1 unspecified atom stereocenters.